The highest BCUT2D eigenvalue weighted by atomic mass is 35.5. The molecule has 138 valence electrons. The molecular weight excluding hydrogens is 354 g/mol. The highest BCUT2D eigenvalue weighted by Gasteiger charge is 2.20. The van der Waals surface area contributed by atoms with Crippen molar-refractivity contribution in [3.8, 4) is 17.2 Å². The summed E-state index contributed by atoms with van der Waals surface area (Å²) < 4.78 is 0. The van der Waals surface area contributed by atoms with E-state index in [-0.39, 0.29) is 0 Å². The van der Waals surface area contributed by atoms with Crippen molar-refractivity contribution in [2.75, 3.05) is 18.0 Å². The van der Waals surface area contributed by atoms with Gasteiger partial charge >= 0.3 is 0 Å². The van der Waals surface area contributed by atoms with Gasteiger partial charge in [0.15, 0.2) is 0 Å². The molecule has 0 saturated carbocycles. The number of halogens is 1. The minimum atomic E-state index is 0.412. The Hall–Kier alpha value is -2.57. The number of benzene rings is 2. The molecule has 0 atom stereocenters. The van der Waals surface area contributed by atoms with Gasteiger partial charge in [-0.2, -0.15) is 5.26 Å². The molecule has 3 nitrogen and oxygen atoms in total. The second-order valence-corrected chi connectivity index (χ2v) is 7.35. The van der Waals surface area contributed by atoms with Crippen LogP contribution in [0.5, 0.6) is 0 Å². The third-order valence-electron chi connectivity index (χ3n) is 4.94. The van der Waals surface area contributed by atoms with E-state index in [9.17, 15) is 5.26 Å². The maximum atomic E-state index is 10.1. The van der Waals surface area contributed by atoms with Gasteiger partial charge < -0.3 is 4.90 Å². The number of nitriles is 1. The first-order valence-corrected chi connectivity index (χ1v) is 9.76. The average Bonchev–Trinajstić information content (AvgIpc) is 2.68. The predicted molar refractivity (Wildman–Crippen MR) is 115 cm³/mol. The third kappa shape index (κ3) is 3.63. The number of nitrogens with zero attached hydrogens (tertiary/aromatic N) is 3. The van der Waals surface area contributed by atoms with Crippen LogP contribution in [0, 0.1) is 11.3 Å². The predicted octanol–water partition coefficient (Wildman–Crippen LogP) is 6.40. The second-order valence-electron chi connectivity index (χ2n) is 6.91. The van der Waals surface area contributed by atoms with Crippen LogP contribution in [0.2, 0.25) is 5.02 Å². The molecule has 2 aromatic carbocycles. The van der Waals surface area contributed by atoms with Crippen molar-refractivity contribution in [3.63, 3.8) is 0 Å². The van der Waals surface area contributed by atoms with Crippen molar-refractivity contribution in [2.45, 2.75) is 33.6 Å². The van der Waals surface area contributed by atoms with Gasteiger partial charge in [-0.3, -0.25) is 0 Å². The largest absolute Gasteiger partial charge is 0.356 e. The first-order valence-electron chi connectivity index (χ1n) is 9.38. The molecule has 3 rings (SSSR count). The van der Waals surface area contributed by atoms with Crippen LogP contribution in [-0.4, -0.2) is 18.1 Å². The van der Waals surface area contributed by atoms with Gasteiger partial charge in [-0.25, -0.2) is 4.98 Å². The van der Waals surface area contributed by atoms with Crippen molar-refractivity contribution in [1.29, 1.82) is 5.26 Å². The van der Waals surface area contributed by atoms with Crippen molar-refractivity contribution < 1.29 is 0 Å². The van der Waals surface area contributed by atoms with E-state index in [1.165, 1.54) is 5.56 Å². The first-order chi connectivity index (χ1) is 13.0. The summed E-state index contributed by atoms with van der Waals surface area (Å²) >= 11 is 6.29. The molecule has 0 saturated heterocycles. The molecule has 1 aromatic heterocycles. The van der Waals surface area contributed by atoms with E-state index in [0.29, 0.717) is 16.5 Å². The molecule has 0 bridgehead atoms. The zero-order chi connectivity index (χ0) is 19.6. The van der Waals surface area contributed by atoms with Gasteiger partial charge in [0.2, 0.25) is 0 Å². The molecule has 0 aliphatic heterocycles. The lowest BCUT2D eigenvalue weighted by Gasteiger charge is -2.23. The van der Waals surface area contributed by atoms with Crippen molar-refractivity contribution in [3.05, 3.63) is 58.6 Å². The van der Waals surface area contributed by atoms with Crippen LogP contribution in [-0.2, 0) is 0 Å². The minimum absolute atomic E-state index is 0.412. The number of rotatable bonds is 5. The molecule has 0 N–H and O–H groups in total. The van der Waals surface area contributed by atoms with Crippen molar-refractivity contribution in [2.24, 2.45) is 0 Å². The zero-order valence-electron chi connectivity index (χ0n) is 16.3. The number of pyridine rings is 1. The summed E-state index contributed by atoms with van der Waals surface area (Å²) in [5, 5.41) is 11.6. The minimum Gasteiger partial charge on any atom is -0.356 e. The first kappa shape index (κ1) is 19.2. The Kier molecular flexibility index (Phi) is 5.68. The summed E-state index contributed by atoms with van der Waals surface area (Å²) in [5.41, 5.74) is 4.64. The smallest absolute Gasteiger partial charge is 0.147 e. The van der Waals surface area contributed by atoms with Gasteiger partial charge in [0.05, 0.1) is 5.52 Å². The van der Waals surface area contributed by atoms with Gasteiger partial charge in [0.25, 0.3) is 0 Å². The number of anilines is 1. The van der Waals surface area contributed by atoms with Gasteiger partial charge in [-0.05, 0) is 49.1 Å². The lowest BCUT2D eigenvalue weighted by Crippen LogP contribution is -2.24. The molecule has 0 radical (unpaired) electrons. The molecule has 4 heteroatoms. The fourth-order valence-electron chi connectivity index (χ4n) is 3.43. The molecule has 0 aliphatic rings. The Balaban J connectivity index is 2.43. The van der Waals surface area contributed by atoms with E-state index >= 15 is 0 Å². The molecule has 0 spiro atoms. The summed E-state index contributed by atoms with van der Waals surface area (Å²) in [4.78, 5) is 6.94. The number of aromatic nitrogens is 1. The number of fused-ring (bicyclic) bond motifs is 1. The Morgan fingerprint density at radius 3 is 2.48 bits per heavy atom. The van der Waals surface area contributed by atoms with Crippen LogP contribution in [0.4, 0.5) is 5.82 Å². The number of hydrogen-bond acceptors (Lipinski definition) is 3. The monoisotopic (exact) mass is 377 g/mol. The molecule has 1 heterocycles. The van der Waals surface area contributed by atoms with Gasteiger partial charge in [0.1, 0.15) is 17.5 Å². The molecule has 27 heavy (non-hydrogen) atoms. The van der Waals surface area contributed by atoms with Crippen LogP contribution in [0.3, 0.4) is 0 Å². The third-order valence-corrected chi connectivity index (χ3v) is 5.18. The van der Waals surface area contributed by atoms with Crippen LogP contribution < -0.4 is 4.90 Å². The molecule has 0 unspecified atom stereocenters. The maximum Gasteiger partial charge on any atom is 0.147 e. The van der Waals surface area contributed by atoms with E-state index in [1.54, 1.807) is 0 Å². The highest BCUT2D eigenvalue weighted by Crippen LogP contribution is 2.38. The van der Waals surface area contributed by atoms with Gasteiger partial charge in [-0.1, -0.05) is 49.7 Å². The highest BCUT2D eigenvalue weighted by molar-refractivity contribution is 6.31. The Morgan fingerprint density at radius 2 is 1.85 bits per heavy atom. The topological polar surface area (TPSA) is 39.9 Å². The Labute approximate surface area is 166 Å². The number of hydrogen-bond donors (Lipinski definition) is 0. The van der Waals surface area contributed by atoms with E-state index < -0.39 is 0 Å². The normalized spacial score (nSPS) is 11.0. The van der Waals surface area contributed by atoms with E-state index in [2.05, 4.69) is 62.9 Å². The fourth-order valence-corrected chi connectivity index (χ4v) is 3.61. The Bertz CT molecular complexity index is 1010. The standard InChI is InChI=1S/C23H24ClN3/c1-5-27(6-2)23-20(14-25)22(17-9-7-8-16(12-17)15(3)4)19-13-18(24)10-11-21(19)26-23/h7-13,15H,5-6H2,1-4H3. The molecule has 0 amide bonds. The molecule has 0 fully saturated rings. The SMILES string of the molecule is CCN(CC)c1nc2ccc(Cl)cc2c(-c2cccc(C(C)C)c2)c1C#N. The maximum absolute atomic E-state index is 10.1. The summed E-state index contributed by atoms with van der Waals surface area (Å²) in [6.45, 7) is 10.1. The molecule has 3 aromatic rings. The van der Waals surface area contributed by atoms with E-state index in [1.807, 2.05) is 18.2 Å². The van der Waals surface area contributed by atoms with Crippen molar-refractivity contribution >= 4 is 28.3 Å². The summed E-state index contributed by atoms with van der Waals surface area (Å²) in [7, 11) is 0. The fraction of sp³-hybridized carbons (Fsp3) is 0.304. The van der Waals surface area contributed by atoms with Crippen LogP contribution in [0.25, 0.3) is 22.0 Å². The van der Waals surface area contributed by atoms with Crippen molar-refractivity contribution in [1.82, 2.24) is 4.98 Å². The lowest BCUT2D eigenvalue weighted by molar-refractivity contribution is 0.848. The lowest BCUT2D eigenvalue weighted by atomic mass is 9.92. The molecular formula is C23H24ClN3. The molecule has 0 aliphatic carbocycles. The van der Waals surface area contributed by atoms with Gasteiger partial charge in [0, 0.05) is 29.1 Å². The van der Waals surface area contributed by atoms with E-state index in [4.69, 9.17) is 16.6 Å². The van der Waals surface area contributed by atoms with Crippen LogP contribution in [0.15, 0.2) is 42.5 Å². The summed E-state index contributed by atoms with van der Waals surface area (Å²) in [6, 6.07) is 16.5. The Morgan fingerprint density at radius 1 is 1.11 bits per heavy atom. The second kappa shape index (κ2) is 7.98. The summed E-state index contributed by atoms with van der Waals surface area (Å²) in [6.07, 6.45) is 0. The van der Waals surface area contributed by atoms with E-state index in [0.717, 1.165) is 40.9 Å². The van der Waals surface area contributed by atoms with Gasteiger partial charge in [-0.15, -0.1) is 0 Å². The van der Waals surface area contributed by atoms with Crippen LogP contribution >= 0.6 is 11.6 Å². The van der Waals surface area contributed by atoms with Crippen LogP contribution in [0.1, 0.15) is 44.7 Å². The quantitative estimate of drug-likeness (QED) is 0.516. The average molecular weight is 378 g/mol. The summed E-state index contributed by atoms with van der Waals surface area (Å²) in [5.74, 6) is 1.15. The zero-order valence-corrected chi connectivity index (χ0v) is 17.0.